The largest absolute Gasteiger partial charge is 0.457 e. The van der Waals surface area contributed by atoms with Crippen molar-refractivity contribution in [2.45, 2.75) is 45.6 Å². The Morgan fingerprint density at radius 2 is 2.11 bits per heavy atom. The maximum atomic E-state index is 12.0. The third-order valence-corrected chi connectivity index (χ3v) is 5.12. The molecule has 2 atom stereocenters. The van der Waals surface area contributed by atoms with Gasteiger partial charge in [-0.3, -0.25) is 9.59 Å². The smallest absolute Gasteiger partial charge is 0.313 e. The van der Waals surface area contributed by atoms with Gasteiger partial charge >= 0.3 is 5.97 Å². The molecule has 1 aliphatic carbocycles. The van der Waals surface area contributed by atoms with Crippen molar-refractivity contribution in [1.29, 1.82) is 0 Å². The number of hydrogen-bond donors (Lipinski definition) is 1. The molecule has 0 aromatic carbocycles. The van der Waals surface area contributed by atoms with Crippen LogP contribution >= 0.6 is 0 Å². The van der Waals surface area contributed by atoms with Crippen LogP contribution in [0.4, 0.5) is 0 Å². The Labute approximate surface area is 107 Å². The van der Waals surface area contributed by atoms with Gasteiger partial charge in [0.25, 0.3) is 0 Å². The lowest BCUT2D eigenvalue weighted by atomic mass is 9.65. The van der Waals surface area contributed by atoms with Gasteiger partial charge in [0.1, 0.15) is 5.60 Å². The molecule has 4 heteroatoms. The molecule has 1 amide bonds. The van der Waals surface area contributed by atoms with Crippen molar-refractivity contribution in [2.75, 3.05) is 6.54 Å². The zero-order chi connectivity index (χ0) is 13.6. The number of nitrogens with one attached hydrogen (secondary N) is 1. The molecular weight excluding hydrogens is 230 g/mol. The summed E-state index contributed by atoms with van der Waals surface area (Å²) in [4.78, 5) is 23.8. The van der Waals surface area contributed by atoms with E-state index < -0.39 is 11.0 Å². The van der Waals surface area contributed by atoms with Gasteiger partial charge < -0.3 is 10.1 Å². The Morgan fingerprint density at radius 3 is 2.56 bits per heavy atom. The number of esters is 1. The zero-order valence-electron chi connectivity index (χ0n) is 11.1. The number of terminal acetylenes is 1. The van der Waals surface area contributed by atoms with Crippen LogP contribution in [0.1, 0.15) is 40.0 Å². The quantitative estimate of drug-likeness (QED) is 0.605. The first-order chi connectivity index (χ1) is 8.29. The molecule has 1 saturated heterocycles. The van der Waals surface area contributed by atoms with Crippen LogP contribution in [0.25, 0.3) is 0 Å². The molecule has 1 N–H and O–H groups in total. The molecule has 2 fully saturated rings. The van der Waals surface area contributed by atoms with Crippen LogP contribution in [0.15, 0.2) is 0 Å². The van der Waals surface area contributed by atoms with E-state index in [9.17, 15) is 9.59 Å². The van der Waals surface area contributed by atoms with Crippen molar-refractivity contribution in [2.24, 2.45) is 10.8 Å². The van der Waals surface area contributed by atoms with Gasteiger partial charge in [-0.1, -0.05) is 19.8 Å². The minimum atomic E-state index is -0.669. The van der Waals surface area contributed by atoms with Gasteiger partial charge in [-0.05, 0) is 19.8 Å². The van der Waals surface area contributed by atoms with E-state index in [1.165, 1.54) is 0 Å². The fourth-order valence-corrected chi connectivity index (χ4v) is 3.22. The van der Waals surface area contributed by atoms with Crippen molar-refractivity contribution in [3.63, 3.8) is 0 Å². The van der Waals surface area contributed by atoms with Crippen LogP contribution in [0.2, 0.25) is 0 Å². The fourth-order valence-electron chi connectivity index (χ4n) is 3.22. The summed E-state index contributed by atoms with van der Waals surface area (Å²) in [6.45, 7) is 6.17. The molecule has 0 spiro atoms. The number of rotatable bonds is 3. The van der Waals surface area contributed by atoms with Crippen LogP contribution in [-0.4, -0.2) is 24.0 Å². The summed E-state index contributed by atoms with van der Waals surface area (Å²) in [6, 6.07) is 0. The van der Waals surface area contributed by atoms with Crippen LogP contribution < -0.4 is 5.32 Å². The van der Waals surface area contributed by atoms with E-state index in [-0.39, 0.29) is 30.3 Å². The van der Waals surface area contributed by atoms with Gasteiger partial charge in [0.2, 0.25) is 5.91 Å². The third-order valence-electron chi connectivity index (χ3n) is 5.12. The molecule has 2 rings (SSSR count). The molecule has 0 unspecified atom stereocenters. The Kier molecular flexibility index (Phi) is 2.69. The Balaban J connectivity index is 2.20. The van der Waals surface area contributed by atoms with Gasteiger partial charge in [-0.15, -0.1) is 6.42 Å². The molecule has 2 aliphatic rings. The van der Waals surface area contributed by atoms with Gasteiger partial charge in [-0.25, -0.2) is 0 Å². The van der Waals surface area contributed by atoms with E-state index in [4.69, 9.17) is 11.2 Å². The lowest BCUT2D eigenvalue weighted by Crippen LogP contribution is -2.44. The standard InChI is InChI=1S/C14H19NO3/c1-5-8-15-10(16)9-14-7-6-13(4,11(17)18-14)12(14,2)3/h1H,6-9H2,2-4H3,(H,15,16)/t13-,14+/m1/s1. The van der Waals surface area contributed by atoms with Crippen LogP contribution in [-0.2, 0) is 14.3 Å². The van der Waals surface area contributed by atoms with Crippen molar-refractivity contribution in [3.05, 3.63) is 0 Å². The molecule has 0 radical (unpaired) electrons. The van der Waals surface area contributed by atoms with E-state index in [2.05, 4.69) is 11.2 Å². The van der Waals surface area contributed by atoms with Crippen molar-refractivity contribution in [1.82, 2.24) is 5.32 Å². The van der Waals surface area contributed by atoms with Crippen molar-refractivity contribution < 1.29 is 14.3 Å². The van der Waals surface area contributed by atoms with Gasteiger partial charge in [0.15, 0.2) is 0 Å². The monoisotopic (exact) mass is 249 g/mol. The summed E-state index contributed by atoms with van der Waals surface area (Å²) in [5.74, 6) is 2.03. The highest BCUT2D eigenvalue weighted by Gasteiger charge is 2.72. The first-order valence-corrected chi connectivity index (χ1v) is 6.23. The predicted octanol–water partition coefficient (Wildman–Crippen LogP) is 1.25. The van der Waals surface area contributed by atoms with E-state index >= 15 is 0 Å². The van der Waals surface area contributed by atoms with Crippen molar-refractivity contribution >= 4 is 11.9 Å². The summed E-state index contributed by atoms with van der Waals surface area (Å²) < 4.78 is 5.57. The Morgan fingerprint density at radius 1 is 1.44 bits per heavy atom. The number of carbonyl (C=O) groups is 2. The van der Waals surface area contributed by atoms with E-state index in [1.807, 2.05) is 20.8 Å². The minimum absolute atomic E-state index is 0.153. The number of carbonyl (C=O) groups excluding carboxylic acids is 2. The summed E-state index contributed by atoms with van der Waals surface area (Å²) in [6.07, 6.45) is 6.82. The number of ether oxygens (including phenoxy) is 1. The second kappa shape index (κ2) is 3.74. The SMILES string of the molecule is C#CCNC(=O)C[C@]12CC[C@](C)(C(=O)O1)C2(C)C. The topological polar surface area (TPSA) is 55.4 Å². The third kappa shape index (κ3) is 1.40. The molecule has 1 aliphatic heterocycles. The molecular formula is C14H19NO3. The predicted molar refractivity (Wildman–Crippen MR) is 66.4 cm³/mol. The van der Waals surface area contributed by atoms with Gasteiger partial charge in [0.05, 0.1) is 18.4 Å². The molecule has 98 valence electrons. The highest BCUT2D eigenvalue weighted by molar-refractivity contribution is 5.85. The maximum absolute atomic E-state index is 12.0. The van der Waals surface area contributed by atoms with Crippen molar-refractivity contribution in [3.8, 4) is 12.3 Å². The average Bonchev–Trinajstić information content (AvgIpc) is 2.56. The summed E-state index contributed by atoms with van der Waals surface area (Å²) in [5.41, 5.74) is -1.47. The second-order valence-corrected chi connectivity index (χ2v) is 6.00. The Hall–Kier alpha value is -1.50. The van der Waals surface area contributed by atoms with E-state index in [0.29, 0.717) is 0 Å². The lowest BCUT2D eigenvalue weighted by Gasteiger charge is -2.36. The van der Waals surface area contributed by atoms with Crippen LogP contribution in [0.3, 0.4) is 0 Å². The van der Waals surface area contributed by atoms with E-state index in [1.54, 1.807) is 0 Å². The average molecular weight is 249 g/mol. The van der Waals surface area contributed by atoms with Crippen LogP contribution in [0, 0.1) is 23.2 Å². The molecule has 1 saturated carbocycles. The molecule has 18 heavy (non-hydrogen) atoms. The second-order valence-electron chi connectivity index (χ2n) is 6.00. The molecule has 0 aromatic rings. The normalized spacial score (nSPS) is 36.0. The molecule has 1 heterocycles. The molecule has 0 aromatic heterocycles. The summed E-state index contributed by atoms with van der Waals surface area (Å²) in [7, 11) is 0. The summed E-state index contributed by atoms with van der Waals surface area (Å²) in [5, 5.41) is 2.64. The molecule has 2 bridgehead atoms. The van der Waals surface area contributed by atoms with Gasteiger partial charge in [0, 0.05) is 5.41 Å². The first kappa shape index (κ1) is 12.9. The highest BCUT2D eigenvalue weighted by Crippen LogP contribution is 2.66. The van der Waals surface area contributed by atoms with E-state index in [0.717, 1.165) is 12.8 Å². The zero-order valence-corrected chi connectivity index (χ0v) is 11.1. The minimum Gasteiger partial charge on any atom is -0.457 e. The molecule has 4 nitrogen and oxygen atoms in total. The first-order valence-electron chi connectivity index (χ1n) is 6.23. The maximum Gasteiger partial charge on any atom is 0.313 e. The van der Waals surface area contributed by atoms with Crippen LogP contribution in [0.5, 0.6) is 0 Å². The number of fused-ring (bicyclic) bond motifs is 2. The fraction of sp³-hybridized carbons (Fsp3) is 0.714. The Bertz CT molecular complexity index is 448. The number of hydrogen-bond acceptors (Lipinski definition) is 3. The lowest BCUT2D eigenvalue weighted by molar-refractivity contribution is -0.161. The highest BCUT2D eigenvalue weighted by atomic mass is 16.6. The summed E-state index contributed by atoms with van der Waals surface area (Å²) >= 11 is 0. The number of amides is 1. The van der Waals surface area contributed by atoms with Gasteiger partial charge in [-0.2, -0.15) is 0 Å².